The summed E-state index contributed by atoms with van der Waals surface area (Å²) in [4.78, 5) is 25.4. The number of amides is 1. The van der Waals surface area contributed by atoms with Crippen LogP contribution in [0.4, 0.5) is 11.6 Å². The quantitative estimate of drug-likeness (QED) is 0.812. The molecule has 2 N–H and O–H groups in total. The Bertz CT molecular complexity index is 564. The third kappa shape index (κ3) is 4.39. The first-order valence-electron chi connectivity index (χ1n) is 9.44. The lowest BCUT2D eigenvalue weighted by Gasteiger charge is -2.34. The Morgan fingerprint density at radius 3 is 2.64 bits per heavy atom. The fraction of sp³-hybridized carbons (Fsp3) is 0.722. The van der Waals surface area contributed by atoms with Crippen LogP contribution in [0.1, 0.15) is 39.0 Å². The highest BCUT2D eigenvalue weighted by molar-refractivity contribution is 5.79. The van der Waals surface area contributed by atoms with E-state index in [-0.39, 0.29) is 18.6 Å². The maximum atomic E-state index is 12.5. The number of nitrogens with zero attached hydrogens (tertiary/aromatic N) is 4. The minimum absolute atomic E-state index is 0.00608. The summed E-state index contributed by atoms with van der Waals surface area (Å²) in [5.41, 5.74) is 0. The molecule has 2 aliphatic rings. The number of rotatable bonds is 6. The van der Waals surface area contributed by atoms with Crippen molar-refractivity contribution in [2.24, 2.45) is 5.92 Å². The number of nitrogens with one attached hydrogen (secondary N) is 1. The molecule has 1 amide bonds. The van der Waals surface area contributed by atoms with Gasteiger partial charge in [0.15, 0.2) is 0 Å². The molecule has 2 aliphatic heterocycles. The van der Waals surface area contributed by atoms with Crippen LogP contribution in [0, 0.1) is 5.92 Å². The van der Waals surface area contributed by atoms with Crippen LogP contribution in [0.15, 0.2) is 12.4 Å². The monoisotopic (exact) mass is 347 g/mol. The minimum atomic E-state index is 0.00608. The van der Waals surface area contributed by atoms with E-state index in [9.17, 15) is 9.90 Å². The second-order valence-corrected chi connectivity index (χ2v) is 6.99. The van der Waals surface area contributed by atoms with Gasteiger partial charge < -0.3 is 20.2 Å². The molecule has 25 heavy (non-hydrogen) atoms. The first-order valence-corrected chi connectivity index (χ1v) is 9.44. The molecule has 1 unspecified atom stereocenters. The SMILES string of the molecule is CCC(CO)Nc1cc(N2CCC(C(=O)N3CCCC3)CC2)ncn1. The smallest absolute Gasteiger partial charge is 0.225 e. The fourth-order valence-electron chi connectivity index (χ4n) is 3.64. The lowest BCUT2D eigenvalue weighted by atomic mass is 9.95. The van der Waals surface area contributed by atoms with Crippen LogP contribution in [-0.2, 0) is 4.79 Å². The Labute approximate surface area is 149 Å². The number of anilines is 2. The van der Waals surface area contributed by atoms with E-state index in [2.05, 4.69) is 20.2 Å². The average Bonchev–Trinajstić information content (AvgIpc) is 3.20. The number of hydrogen-bond acceptors (Lipinski definition) is 6. The van der Waals surface area contributed by atoms with Gasteiger partial charge in [-0.05, 0) is 32.1 Å². The fourth-order valence-corrected chi connectivity index (χ4v) is 3.64. The molecule has 1 atom stereocenters. The van der Waals surface area contributed by atoms with Crippen molar-refractivity contribution >= 4 is 17.5 Å². The van der Waals surface area contributed by atoms with Crippen LogP contribution >= 0.6 is 0 Å². The van der Waals surface area contributed by atoms with E-state index >= 15 is 0 Å². The minimum Gasteiger partial charge on any atom is -0.394 e. The zero-order chi connectivity index (χ0) is 17.6. The number of aliphatic hydroxyl groups is 1. The van der Waals surface area contributed by atoms with Crippen LogP contribution in [0.5, 0.6) is 0 Å². The predicted octanol–water partition coefficient (Wildman–Crippen LogP) is 1.50. The molecule has 3 heterocycles. The first-order chi connectivity index (χ1) is 12.2. The lowest BCUT2D eigenvalue weighted by Crippen LogP contribution is -2.42. The van der Waals surface area contributed by atoms with Gasteiger partial charge in [0, 0.05) is 38.2 Å². The predicted molar refractivity (Wildman–Crippen MR) is 97.6 cm³/mol. The molecule has 2 fully saturated rings. The van der Waals surface area contributed by atoms with Crippen molar-refractivity contribution in [3.63, 3.8) is 0 Å². The maximum absolute atomic E-state index is 12.5. The molecule has 7 nitrogen and oxygen atoms in total. The number of likely N-dealkylation sites (tertiary alicyclic amines) is 1. The van der Waals surface area contributed by atoms with E-state index in [1.807, 2.05) is 17.9 Å². The molecule has 2 saturated heterocycles. The molecule has 0 radical (unpaired) electrons. The van der Waals surface area contributed by atoms with Gasteiger partial charge in [-0.15, -0.1) is 0 Å². The van der Waals surface area contributed by atoms with Gasteiger partial charge in [-0.3, -0.25) is 4.79 Å². The summed E-state index contributed by atoms with van der Waals surface area (Å²) in [5.74, 6) is 2.13. The van der Waals surface area contributed by atoms with Gasteiger partial charge >= 0.3 is 0 Å². The summed E-state index contributed by atoms with van der Waals surface area (Å²) in [6, 6.07) is 1.94. The van der Waals surface area contributed by atoms with E-state index in [0.717, 1.165) is 69.9 Å². The zero-order valence-electron chi connectivity index (χ0n) is 15.0. The zero-order valence-corrected chi connectivity index (χ0v) is 15.0. The van der Waals surface area contributed by atoms with E-state index in [4.69, 9.17) is 0 Å². The van der Waals surface area contributed by atoms with Crippen molar-refractivity contribution in [2.75, 3.05) is 43.0 Å². The lowest BCUT2D eigenvalue weighted by molar-refractivity contribution is -0.135. The number of carbonyl (C=O) groups is 1. The van der Waals surface area contributed by atoms with E-state index in [1.165, 1.54) is 0 Å². The molecule has 3 rings (SSSR count). The van der Waals surface area contributed by atoms with Gasteiger partial charge in [0.1, 0.15) is 18.0 Å². The number of aromatic nitrogens is 2. The molecule has 0 saturated carbocycles. The van der Waals surface area contributed by atoms with Crippen molar-refractivity contribution in [1.82, 2.24) is 14.9 Å². The van der Waals surface area contributed by atoms with Crippen molar-refractivity contribution in [1.29, 1.82) is 0 Å². The Morgan fingerprint density at radius 1 is 1.28 bits per heavy atom. The van der Waals surface area contributed by atoms with Crippen LogP contribution in [0.25, 0.3) is 0 Å². The van der Waals surface area contributed by atoms with E-state index in [0.29, 0.717) is 5.91 Å². The third-order valence-corrected chi connectivity index (χ3v) is 5.30. The molecule has 0 bridgehead atoms. The largest absolute Gasteiger partial charge is 0.394 e. The molecular weight excluding hydrogens is 318 g/mol. The second kappa shape index (κ2) is 8.47. The summed E-state index contributed by atoms with van der Waals surface area (Å²) in [5, 5.41) is 12.6. The first kappa shape index (κ1) is 17.9. The van der Waals surface area contributed by atoms with Crippen LogP contribution in [0.2, 0.25) is 0 Å². The summed E-state index contributed by atoms with van der Waals surface area (Å²) < 4.78 is 0. The molecule has 0 aliphatic carbocycles. The van der Waals surface area contributed by atoms with Crippen LogP contribution in [0.3, 0.4) is 0 Å². The number of carbonyl (C=O) groups excluding carboxylic acids is 1. The Morgan fingerprint density at radius 2 is 2.00 bits per heavy atom. The second-order valence-electron chi connectivity index (χ2n) is 6.99. The highest BCUT2D eigenvalue weighted by Gasteiger charge is 2.30. The molecular formula is C18H29N5O2. The van der Waals surface area contributed by atoms with Crippen molar-refractivity contribution in [3.8, 4) is 0 Å². The molecule has 1 aromatic rings. The van der Waals surface area contributed by atoms with E-state index in [1.54, 1.807) is 6.33 Å². The van der Waals surface area contributed by atoms with Gasteiger partial charge in [0.25, 0.3) is 0 Å². The summed E-state index contributed by atoms with van der Waals surface area (Å²) >= 11 is 0. The van der Waals surface area contributed by atoms with Gasteiger partial charge in [0.05, 0.1) is 12.6 Å². The molecule has 0 spiro atoms. The summed E-state index contributed by atoms with van der Waals surface area (Å²) in [6.07, 6.45) is 6.46. The van der Waals surface area contributed by atoms with Crippen molar-refractivity contribution in [2.45, 2.75) is 45.1 Å². The van der Waals surface area contributed by atoms with Gasteiger partial charge in [-0.1, -0.05) is 6.92 Å². The molecule has 1 aromatic heterocycles. The van der Waals surface area contributed by atoms with Gasteiger partial charge in [-0.2, -0.15) is 0 Å². The molecule has 138 valence electrons. The Hall–Kier alpha value is -1.89. The summed E-state index contributed by atoms with van der Waals surface area (Å²) in [7, 11) is 0. The summed E-state index contributed by atoms with van der Waals surface area (Å²) in [6.45, 7) is 5.67. The highest BCUT2D eigenvalue weighted by Crippen LogP contribution is 2.25. The standard InChI is InChI=1S/C18H29N5O2/c1-2-15(12-24)21-16-11-17(20-13-19-16)22-9-5-14(6-10-22)18(25)23-7-3-4-8-23/h11,13-15,24H,2-10,12H2,1H3,(H,19,20,21). The van der Waals surface area contributed by atoms with Crippen LogP contribution < -0.4 is 10.2 Å². The van der Waals surface area contributed by atoms with Gasteiger partial charge in [-0.25, -0.2) is 9.97 Å². The Kier molecular flexibility index (Phi) is 6.07. The molecule has 7 heteroatoms. The Balaban J connectivity index is 1.56. The number of aliphatic hydroxyl groups excluding tert-OH is 1. The van der Waals surface area contributed by atoms with Crippen molar-refractivity contribution < 1.29 is 9.90 Å². The maximum Gasteiger partial charge on any atom is 0.225 e. The van der Waals surface area contributed by atoms with E-state index < -0.39 is 0 Å². The van der Waals surface area contributed by atoms with Gasteiger partial charge in [0.2, 0.25) is 5.91 Å². The number of hydrogen-bond donors (Lipinski definition) is 2. The average molecular weight is 347 g/mol. The third-order valence-electron chi connectivity index (χ3n) is 5.30. The topological polar surface area (TPSA) is 81.6 Å². The normalized spacial score (nSPS) is 19.9. The highest BCUT2D eigenvalue weighted by atomic mass is 16.3. The van der Waals surface area contributed by atoms with Crippen molar-refractivity contribution in [3.05, 3.63) is 12.4 Å². The molecule has 0 aromatic carbocycles. The number of piperidine rings is 1. The van der Waals surface area contributed by atoms with Crippen LogP contribution in [-0.4, -0.2) is 64.7 Å².